The van der Waals surface area contributed by atoms with Crippen molar-refractivity contribution >= 4 is 11.6 Å². The molecule has 1 N–H and O–H groups in total. The molecule has 170 valence electrons. The van der Waals surface area contributed by atoms with Crippen LogP contribution in [0.4, 0.5) is 5.69 Å². The Morgan fingerprint density at radius 3 is 2.45 bits per heavy atom. The summed E-state index contributed by atoms with van der Waals surface area (Å²) in [7, 11) is 1.69. The van der Waals surface area contributed by atoms with Gasteiger partial charge in [-0.1, -0.05) is 24.3 Å². The minimum atomic E-state index is -0.0865. The molecule has 1 amide bonds. The predicted octanol–water partition coefficient (Wildman–Crippen LogP) is 4.10. The number of carbonyl (C=O) groups is 1. The molecule has 2 aliphatic rings. The fourth-order valence-electron chi connectivity index (χ4n) is 5.41. The van der Waals surface area contributed by atoms with Crippen molar-refractivity contribution in [2.75, 3.05) is 25.5 Å². The van der Waals surface area contributed by atoms with Crippen LogP contribution in [-0.4, -0.2) is 35.6 Å². The van der Waals surface area contributed by atoms with Gasteiger partial charge in [0.2, 0.25) is 5.91 Å². The molecule has 0 saturated carbocycles. The zero-order valence-electron chi connectivity index (χ0n) is 19.1. The molecule has 2 aliphatic heterocycles. The van der Waals surface area contributed by atoms with Crippen LogP contribution in [0.3, 0.4) is 0 Å². The van der Waals surface area contributed by atoms with Crippen LogP contribution >= 0.6 is 0 Å². The summed E-state index contributed by atoms with van der Waals surface area (Å²) < 4.78 is 7.29. The predicted molar refractivity (Wildman–Crippen MR) is 130 cm³/mol. The molecule has 33 heavy (non-hydrogen) atoms. The zero-order chi connectivity index (χ0) is 22.9. The number of methoxy groups -OCH3 is 1. The Kier molecular flexibility index (Phi) is 5.77. The number of likely N-dealkylation sites (tertiary alicyclic amines) is 1. The molecule has 1 aromatic heterocycles. The number of anilines is 1. The van der Waals surface area contributed by atoms with Gasteiger partial charge in [0, 0.05) is 62.0 Å². The number of hydrogen-bond donors (Lipinski definition) is 1. The molecule has 6 heteroatoms. The number of piperidine rings is 1. The van der Waals surface area contributed by atoms with E-state index in [1.807, 2.05) is 47.0 Å². The topological polar surface area (TPSA) is 63.6 Å². The minimum absolute atomic E-state index is 0.0851. The van der Waals surface area contributed by atoms with E-state index >= 15 is 0 Å². The van der Waals surface area contributed by atoms with E-state index in [1.165, 1.54) is 12.5 Å². The maximum absolute atomic E-state index is 12.8. The Labute approximate surface area is 193 Å². The van der Waals surface area contributed by atoms with Gasteiger partial charge in [0.05, 0.1) is 7.11 Å². The number of ether oxygens (including phenoxy) is 1. The molecular weight excluding hydrogens is 414 g/mol. The highest BCUT2D eigenvalue weighted by Gasteiger charge is 2.36. The highest BCUT2D eigenvalue weighted by atomic mass is 16.5. The maximum atomic E-state index is 12.8. The summed E-state index contributed by atoms with van der Waals surface area (Å²) in [4.78, 5) is 26.6. The van der Waals surface area contributed by atoms with Gasteiger partial charge in [0.15, 0.2) is 0 Å². The number of fused-ring (bicyclic) bond motifs is 4. The average molecular weight is 444 g/mol. The molecule has 2 atom stereocenters. The van der Waals surface area contributed by atoms with Crippen LogP contribution in [0.1, 0.15) is 30.5 Å². The molecule has 1 fully saturated rings. The second-order valence-corrected chi connectivity index (χ2v) is 9.18. The normalized spacial score (nSPS) is 19.6. The number of carbonyl (C=O) groups excluding carboxylic acids is 1. The van der Waals surface area contributed by atoms with Gasteiger partial charge < -0.3 is 14.6 Å². The van der Waals surface area contributed by atoms with E-state index in [-0.39, 0.29) is 11.5 Å². The fourth-order valence-corrected chi connectivity index (χ4v) is 5.41. The second kappa shape index (κ2) is 8.87. The molecule has 0 aliphatic carbocycles. The van der Waals surface area contributed by atoms with Crippen LogP contribution in [0.15, 0.2) is 65.5 Å². The van der Waals surface area contributed by atoms with Crippen molar-refractivity contribution in [3.63, 3.8) is 0 Å². The minimum Gasteiger partial charge on any atom is -0.497 e. The summed E-state index contributed by atoms with van der Waals surface area (Å²) in [5, 5.41) is 2.82. The first-order chi connectivity index (χ1) is 16.0. The van der Waals surface area contributed by atoms with Crippen LogP contribution in [0.25, 0.3) is 11.1 Å². The molecular formula is C27H29N3O3. The molecule has 0 radical (unpaired) electrons. The summed E-state index contributed by atoms with van der Waals surface area (Å²) in [6.07, 6.45) is 1.11. The average Bonchev–Trinajstić information content (AvgIpc) is 2.80. The molecule has 3 heterocycles. The lowest BCUT2D eigenvalue weighted by Gasteiger charge is -2.43. The molecule has 0 unspecified atom stereocenters. The lowest BCUT2D eigenvalue weighted by molar-refractivity contribution is -0.114. The monoisotopic (exact) mass is 443 g/mol. The van der Waals surface area contributed by atoms with Crippen LogP contribution in [0.5, 0.6) is 5.75 Å². The van der Waals surface area contributed by atoms with Gasteiger partial charge in [0.1, 0.15) is 5.75 Å². The number of hydrogen-bond acceptors (Lipinski definition) is 4. The Morgan fingerprint density at radius 2 is 1.76 bits per heavy atom. The van der Waals surface area contributed by atoms with E-state index in [2.05, 4.69) is 22.3 Å². The first kappa shape index (κ1) is 21.5. The summed E-state index contributed by atoms with van der Waals surface area (Å²) >= 11 is 0. The van der Waals surface area contributed by atoms with Crippen LogP contribution in [-0.2, 0) is 17.9 Å². The number of amides is 1. The highest BCUT2D eigenvalue weighted by Crippen LogP contribution is 2.40. The Bertz CT molecular complexity index is 1210. The maximum Gasteiger partial charge on any atom is 0.250 e. The van der Waals surface area contributed by atoms with Gasteiger partial charge in [0.25, 0.3) is 5.56 Å². The highest BCUT2D eigenvalue weighted by molar-refractivity contribution is 5.89. The zero-order valence-corrected chi connectivity index (χ0v) is 19.1. The first-order valence-electron chi connectivity index (χ1n) is 11.5. The smallest absolute Gasteiger partial charge is 0.250 e. The van der Waals surface area contributed by atoms with E-state index in [9.17, 15) is 9.59 Å². The van der Waals surface area contributed by atoms with Gasteiger partial charge >= 0.3 is 0 Å². The Morgan fingerprint density at radius 1 is 1.00 bits per heavy atom. The third-order valence-electron chi connectivity index (χ3n) is 6.75. The number of pyridine rings is 1. The summed E-state index contributed by atoms with van der Waals surface area (Å²) in [5.41, 5.74) is 5.45. The number of nitrogens with one attached hydrogen (secondary N) is 1. The van der Waals surface area contributed by atoms with E-state index in [0.717, 1.165) is 60.9 Å². The largest absolute Gasteiger partial charge is 0.497 e. The lowest BCUT2D eigenvalue weighted by atomic mass is 9.80. The summed E-state index contributed by atoms with van der Waals surface area (Å²) in [6, 6.07) is 19.8. The third kappa shape index (κ3) is 4.44. The second-order valence-electron chi connectivity index (χ2n) is 9.18. The number of nitrogens with zero attached hydrogens (tertiary/aromatic N) is 2. The molecule has 5 rings (SSSR count). The third-order valence-corrected chi connectivity index (χ3v) is 6.75. The standard InChI is InChI=1S/C27H29N3O3/c1-18(31)28-23-7-5-21(6-8-23)25-11-12-26(32)30-16-20-13-22(27(25)30)17-29(15-20)14-19-3-9-24(33-2)10-4-19/h3-12,20,22H,13-17H2,1-2H3,(H,28,31)/t20-,22+/m0/s1. The SMILES string of the molecule is COc1ccc(CN2C[C@@H]3C[C@H](C2)c2c(-c4ccc(NC(C)=O)cc4)ccc(=O)n2C3)cc1. The number of benzene rings is 2. The van der Waals surface area contributed by atoms with E-state index < -0.39 is 0 Å². The number of aromatic nitrogens is 1. The van der Waals surface area contributed by atoms with Crippen LogP contribution in [0.2, 0.25) is 0 Å². The van der Waals surface area contributed by atoms with Crippen molar-refractivity contribution in [1.29, 1.82) is 0 Å². The molecule has 3 aromatic rings. The first-order valence-corrected chi connectivity index (χ1v) is 11.5. The van der Waals surface area contributed by atoms with Crippen molar-refractivity contribution in [1.82, 2.24) is 9.47 Å². The van der Waals surface area contributed by atoms with Crippen molar-refractivity contribution in [3.05, 3.63) is 82.3 Å². The van der Waals surface area contributed by atoms with Gasteiger partial charge in [-0.25, -0.2) is 0 Å². The molecule has 2 aromatic carbocycles. The van der Waals surface area contributed by atoms with Crippen molar-refractivity contribution < 1.29 is 9.53 Å². The van der Waals surface area contributed by atoms with Crippen molar-refractivity contribution in [2.45, 2.75) is 32.4 Å². The van der Waals surface area contributed by atoms with E-state index in [0.29, 0.717) is 11.8 Å². The van der Waals surface area contributed by atoms with Gasteiger partial charge in [-0.05, 0) is 53.8 Å². The van der Waals surface area contributed by atoms with Crippen LogP contribution < -0.4 is 15.6 Å². The Balaban J connectivity index is 1.43. The van der Waals surface area contributed by atoms with E-state index in [1.54, 1.807) is 13.2 Å². The molecule has 0 spiro atoms. The van der Waals surface area contributed by atoms with Crippen LogP contribution in [0, 0.1) is 5.92 Å². The fraction of sp³-hybridized carbons (Fsp3) is 0.333. The summed E-state index contributed by atoms with van der Waals surface area (Å²) in [6.45, 7) is 5.11. The summed E-state index contributed by atoms with van der Waals surface area (Å²) in [5.74, 6) is 1.58. The molecule has 1 saturated heterocycles. The van der Waals surface area contributed by atoms with Crippen molar-refractivity contribution in [2.24, 2.45) is 5.92 Å². The quantitative estimate of drug-likeness (QED) is 0.645. The lowest BCUT2D eigenvalue weighted by Crippen LogP contribution is -2.47. The van der Waals surface area contributed by atoms with Crippen molar-refractivity contribution in [3.8, 4) is 16.9 Å². The van der Waals surface area contributed by atoms with E-state index in [4.69, 9.17) is 4.74 Å². The Hall–Kier alpha value is -3.38. The van der Waals surface area contributed by atoms with Gasteiger partial charge in [-0.2, -0.15) is 0 Å². The van der Waals surface area contributed by atoms with Gasteiger partial charge in [-0.15, -0.1) is 0 Å². The van der Waals surface area contributed by atoms with Gasteiger partial charge in [-0.3, -0.25) is 14.5 Å². The molecule has 6 nitrogen and oxygen atoms in total. The molecule has 2 bridgehead atoms. The number of rotatable bonds is 5.